The van der Waals surface area contributed by atoms with Gasteiger partial charge in [-0.05, 0) is 38.0 Å². The molecule has 1 amide bonds. The van der Waals surface area contributed by atoms with E-state index in [2.05, 4.69) is 25.4 Å². The van der Waals surface area contributed by atoms with Crippen LogP contribution < -0.4 is 5.32 Å². The van der Waals surface area contributed by atoms with E-state index in [1.807, 2.05) is 0 Å². The smallest absolute Gasteiger partial charge is 0.326 e. The van der Waals surface area contributed by atoms with Gasteiger partial charge in [-0.25, -0.2) is 9.50 Å². The largest absolute Gasteiger partial charge is 0.453 e. The molecule has 1 N–H and O–H groups in total. The van der Waals surface area contributed by atoms with Crippen LogP contribution in [0.15, 0.2) is 24.5 Å². The van der Waals surface area contributed by atoms with Crippen molar-refractivity contribution in [3.05, 3.63) is 47.3 Å². The van der Waals surface area contributed by atoms with Crippen molar-refractivity contribution in [3.8, 4) is 0 Å². The SMILES string of the molecule is Cc1nc2nc(C(F)(F)F)nn2c(C)c1CCC(=O)Nc1ccncc1. The van der Waals surface area contributed by atoms with Gasteiger partial charge in [-0.1, -0.05) is 0 Å². The summed E-state index contributed by atoms with van der Waals surface area (Å²) in [6, 6.07) is 3.33. The molecular weight excluding hydrogens is 349 g/mol. The number of hydrogen-bond acceptors (Lipinski definition) is 5. The van der Waals surface area contributed by atoms with Crippen molar-refractivity contribution < 1.29 is 18.0 Å². The van der Waals surface area contributed by atoms with E-state index in [0.717, 1.165) is 4.52 Å². The molecule has 26 heavy (non-hydrogen) atoms. The van der Waals surface area contributed by atoms with E-state index in [9.17, 15) is 18.0 Å². The van der Waals surface area contributed by atoms with Gasteiger partial charge in [-0.2, -0.15) is 18.2 Å². The van der Waals surface area contributed by atoms with Crippen LogP contribution in [0.1, 0.15) is 29.2 Å². The molecule has 0 atom stereocenters. The lowest BCUT2D eigenvalue weighted by Gasteiger charge is -2.10. The molecule has 0 aliphatic carbocycles. The average Bonchev–Trinajstić information content (AvgIpc) is 3.00. The summed E-state index contributed by atoms with van der Waals surface area (Å²) in [4.78, 5) is 23.4. The maximum atomic E-state index is 12.8. The first kappa shape index (κ1) is 17.8. The number of anilines is 1. The summed E-state index contributed by atoms with van der Waals surface area (Å²) >= 11 is 0. The molecule has 7 nitrogen and oxygen atoms in total. The number of fused-ring (bicyclic) bond motifs is 1. The molecule has 0 aromatic carbocycles. The van der Waals surface area contributed by atoms with Crippen LogP contribution in [0.2, 0.25) is 0 Å². The van der Waals surface area contributed by atoms with Crippen LogP contribution in [0.4, 0.5) is 18.9 Å². The van der Waals surface area contributed by atoms with Gasteiger partial charge in [0.25, 0.3) is 11.6 Å². The van der Waals surface area contributed by atoms with E-state index in [1.165, 1.54) is 0 Å². The average molecular weight is 364 g/mol. The first-order chi connectivity index (χ1) is 12.3. The summed E-state index contributed by atoms with van der Waals surface area (Å²) in [6.07, 6.45) is -1.05. The number of alkyl halides is 3. The monoisotopic (exact) mass is 364 g/mol. The summed E-state index contributed by atoms with van der Waals surface area (Å²) in [5.74, 6) is -1.57. The fraction of sp³-hybridized carbons (Fsp3) is 0.312. The summed E-state index contributed by atoms with van der Waals surface area (Å²) in [6.45, 7) is 3.30. The number of carbonyl (C=O) groups is 1. The first-order valence-electron chi connectivity index (χ1n) is 7.75. The van der Waals surface area contributed by atoms with Gasteiger partial charge >= 0.3 is 6.18 Å². The maximum absolute atomic E-state index is 12.8. The number of amides is 1. The van der Waals surface area contributed by atoms with Crippen LogP contribution in [0.3, 0.4) is 0 Å². The zero-order valence-electron chi connectivity index (χ0n) is 14.0. The van der Waals surface area contributed by atoms with Gasteiger partial charge in [-0.3, -0.25) is 9.78 Å². The number of nitrogens with one attached hydrogen (secondary N) is 1. The number of carbonyl (C=O) groups excluding carboxylic acids is 1. The normalized spacial score (nSPS) is 11.7. The minimum Gasteiger partial charge on any atom is -0.326 e. The van der Waals surface area contributed by atoms with Crippen molar-refractivity contribution in [3.63, 3.8) is 0 Å². The molecule has 3 rings (SSSR count). The number of aromatic nitrogens is 5. The maximum Gasteiger partial charge on any atom is 0.453 e. The Labute approximate surface area is 146 Å². The second-order valence-corrected chi connectivity index (χ2v) is 5.69. The molecule has 0 spiro atoms. The summed E-state index contributed by atoms with van der Waals surface area (Å²) in [7, 11) is 0. The summed E-state index contributed by atoms with van der Waals surface area (Å²) in [5.41, 5.74) is 2.29. The predicted molar refractivity (Wildman–Crippen MR) is 86.4 cm³/mol. The van der Waals surface area contributed by atoms with Gasteiger partial charge in [0.15, 0.2) is 0 Å². The van der Waals surface area contributed by atoms with Crippen molar-refractivity contribution in [1.29, 1.82) is 0 Å². The lowest BCUT2D eigenvalue weighted by atomic mass is 10.1. The van der Waals surface area contributed by atoms with Crippen LogP contribution in [-0.4, -0.2) is 30.5 Å². The molecule has 0 saturated carbocycles. The standard InChI is InChI=1S/C16H15F3N6O/c1-9-12(3-4-13(26)22-11-5-7-20-8-6-11)10(2)25-15(21-9)23-14(24-25)16(17,18)19/h5-8H,3-4H2,1-2H3,(H,20,22,26). The third-order valence-corrected chi connectivity index (χ3v) is 3.87. The number of nitrogens with zero attached hydrogens (tertiary/aromatic N) is 5. The second kappa shape index (κ2) is 6.70. The van der Waals surface area contributed by atoms with Gasteiger partial charge in [0.05, 0.1) is 0 Å². The zero-order valence-corrected chi connectivity index (χ0v) is 14.0. The quantitative estimate of drug-likeness (QED) is 0.769. The molecule has 0 unspecified atom stereocenters. The highest BCUT2D eigenvalue weighted by molar-refractivity contribution is 5.90. The molecule has 0 aliphatic rings. The molecule has 0 radical (unpaired) electrons. The van der Waals surface area contributed by atoms with Gasteiger partial charge in [0, 0.05) is 35.9 Å². The first-order valence-corrected chi connectivity index (χ1v) is 7.75. The van der Waals surface area contributed by atoms with Gasteiger partial charge < -0.3 is 5.32 Å². The summed E-state index contributed by atoms with van der Waals surface area (Å²) in [5, 5.41) is 6.22. The Balaban J connectivity index is 1.80. The molecular formula is C16H15F3N6O. The number of rotatable bonds is 4. The van der Waals surface area contributed by atoms with E-state index in [4.69, 9.17) is 0 Å². The molecule has 3 heterocycles. The van der Waals surface area contributed by atoms with Crippen LogP contribution >= 0.6 is 0 Å². The van der Waals surface area contributed by atoms with E-state index >= 15 is 0 Å². The van der Waals surface area contributed by atoms with E-state index in [1.54, 1.807) is 38.4 Å². The second-order valence-electron chi connectivity index (χ2n) is 5.69. The van der Waals surface area contributed by atoms with Crippen molar-refractivity contribution in [1.82, 2.24) is 24.6 Å². The predicted octanol–water partition coefficient (Wildman–Crippen LogP) is 2.73. The fourth-order valence-electron chi connectivity index (χ4n) is 2.59. The molecule has 3 aromatic heterocycles. The molecule has 3 aromatic rings. The van der Waals surface area contributed by atoms with Crippen LogP contribution in [0.25, 0.3) is 5.78 Å². The highest BCUT2D eigenvalue weighted by Crippen LogP contribution is 2.27. The van der Waals surface area contributed by atoms with E-state index in [0.29, 0.717) is 29.1 Å². The number of pyridine rings is 1. The molecule has 0 fully saturated rings. The Morgan fingerprint density at radius 1 is 1.19 bits per heavy atom. The molecule has 0 bridgehead atoms. The lowest BCUT2D eigenvalue weighted by Crippen LogP contribution is -2.14. The van der Waals surface area contributed by atoms with Crippen molar-refractivity contribution in [2.45, 2.75) is 32.9 Å². The highest BCUT2D eigenvalue weighted by Gasteiger charge is 2.36. The Hall–Kier alpha value is -3.04. The van der Waals surface area contributed by atoms with E-state index in [-0.39, 0.29) is 18.1 Å². The van der Waals surface area contributed by atoms with Crippen LogP contribution in [-0.2, 0) is 17.4 Å². The van der Waals surface area contributed by atoms with Crippen molar-refractivity contribution >= 4 is 17.4 Å². The highest BCUT2D eigenvalue weighted by atomic mass is 19.4. The Bertz CT molecular complexity index is 952. The minimum absolute atomic E-state index is 0.114. The lowest BCUT2D eigenvalue weighted by molar-refractivity contribution is -0.144. The molecule has 10 heteroatoms. The van der Waals surface area contributed by atoms with Crippen LogP contribution in [0, 0.1) is 13.8 Å². The topological polar surface area (TPSA) is 85.1 Å². The van der Waals surface area contributed by atoms with Crippen molar-refractivity contribution in [2.75, 3.05) is 5.32 Å². The molecule has 0 saturated heterocycles. The third-order valence-electron chi connectivity index (χ3n) is 3.87. The Morgan fingerprint density at radius 2 is 1.88 bits per heavy atom. The fourth-order valence-corrected chi connectivity index (χ4v) is 2.59. The van der Waals surface area contributed by atoms with E-state index < -0.39 is 12.0 Å². The number of halogens is 3. The van der Waals surface area contributed by atoms with Crippen LogP contribution in [0.5, 0.6) is 0 Å². The molecule has 136 valence electrons. The molecule has 0 aliphatic heterocycles. The Kier molecular flexibility index (Phi) is 4.58. The van der Waals surface area contributed by atoms with Gasteiger partial charge in [0.2, 0.25) is 5.91 Å². The number of aryl methyl sites for hydroxylation is 2. The van der Waals surface area contributed by atoms with Crippen molar-refractivity contribution in [2.24, 2.45) is 0 Å². The zero-order chi connectivity index (χ0) is 18.9. The summed E-state index contributed by atoms with van der Waals surface area (Å²) < 4.78 is 39.5. The van der Waals surface area contributed by atoms with Gasteiger partial charge in [0.1, 0.15) is 0 Å². The van der Waals surface area contributed by atoms with Gasteiger partial charge in [-0.15, -0.1) is 5.10 Å². The Morgan fingerprint density at radius 3 is 2.54 bits per heavy atom. The number of hydrogen-bond donors (Lipinski definition) is 1. The third kappa shape index (κ3) is 3.63. The minimum atomic E-state index is -4.64.